The van der Waals surface area contributed by atoms with Crippen LogP contribution in [0, 0.1) is 11.8 Å². The minimum Gasteiger partial charge on any atom is -0.480 e. The minimum atomic E-state index is -2.94. The predicted molar refractivity (Wildman–Crippen MR) is 72.8 cm³/mol. The maximum absolute atomic E-state index is 11.4. The van der Waals surface area contributed by atoms with Crippen molar-refractivity contribution in [2.24, 2.45) is 11.8 Å². The second-order valence-corrected chi connectivity index (χ2v) is 8.20. The van der Waals surface area contributed by atoms with Crippen molar-refractivity contribution >= 4 is 15.8 Å². The molecule has 1 heterocycles. The topological polar surface area (TPSA) is 74.7 Å². The van der Waals surface area contributed by atoms with E-state index < -0.39 is 21.8 Å². The van der Waals surface area contributed by atoms with Gasteiger partial charge in [0, 0.05) is 12.3 Å². The van der Waals surface area contributed by atoms with Gasteiger partial charge in [-0.3, -0.25) is 9.69 Å². The van der Waals surface area contributed by atoms with Crippen molar-refractivity contribution in [2.75, 3.05) is 24.6 Å². The van der Waals surface area contributed by atoms with Crippen LogP contribution in [0.15, 0.2) is 0 Å². The van der Waals surface area contributed by atoms with Crippen molar-refractivity contribution in [3.8, 4) is 0 Å². The Balaban J connectivity index is 1.91. The first kappa shape index (κ1) is 14.8. The fourth-order valence-electron chi connectivity index (χ4n) is 3.60. The van der Waals surface area contributed by atoms with Crippen molar-refractivity contribution in [1.82, 2.24) is 4.90 Å². The van der Waals surface area contributed by atoms with E-state index >= 15 is 0 Å². The van der Waals surface area contributed by atoms with Gasteiger partial charge in [-0.25, -0.2) is 8.42 Å². The van der Waals surface area contributed by atoms with Gasteiger partial charge in [-0.05, 0) is 37.6 Å². The van der Waals surface area contributed by atoms with Crippen LogP contribution in [0.25, 0.3) is 0 Å². The summed E-state index contributed by atoms with van der Waals surface area (Å²) in [5.74, 6) is 0.374. The van der Waals surface area contributed by atoms with Crippen LogP contribution in [-0.4, -0.2) is 55.0 Å². The van der Waals surface area contributed by atoms with Crippen LogP contribution in [0.2, 0.25) is 0 Å². The molecule has 1 saturated carbocycles. The van der Waals surface area contributed by atoms with E-state index in [-0.39, 0.29) is 17.4 Å². The lowest BCUT2D eigenvalue weighted by Gasteiger charge is -2.23. The normalized spacial score (nSPS) is 31.5. The molecule has 0 amide bonds. The quantitative estimate of drug-likeness (QED) is 0.789. The Morgan fingerprint density at radius 3 is 2.74 bits per heavy atom. The third-order valence-electron chi connectivity index (χ3n) is 4.58. The van der Waals surface area contributed by atoms with Gasteiger partial charge in [-0.1, -0.05) is 13.3 Å². The maximum Gasteiger partial charge on any atom is 0.321 e. The van der Waals surface area contributed by atoms with E-state index in [4.69, 9.17) is 0 Å². The van der Waals surface area contributed by atoms with Crippen molar-refractivity contribution < 1.29 is 18.3 Å². The highest BCUT2D eigenvalue weighted by atomic mass is 32.2. The van der Waals surface area contributed by atoms with Crippen LogP contribution in [0.3, 0.4) is 0 Å². The number of hydrogen-bond acceptors (Lipinski definition) is 4. The van der Waals surface area contributed by atoms with E-state index in [1.54, 1.807) is 6.92 Å². The molecule has 6 heteroatoms. The van der Waals surface area contributed by atoms with Crippen LogP contribution in [0.5, 0.6) is 0 Å². The number of sulfone groups is 1. The average Bonchev–Trinajstić information content (AvgIpc) is 2.88. The van der Waals surface area contributed by atoms with Gasteiger partial charge >= 0.3 is 5.97 Å². The molecule has 2 aliphatic rings. The minimum absolute atomic E-state index is 0.167. The number of rotatable bonds is 6. The first-order chi connectivity index (χ1) is 8.94. The van der Waals surface area contributed by atoms with Gasteiger partial charge in [-0.2, -0.15) is 0 Å². The molecule has 0 radical (unpaired) electrons. The molecule has 2 rings (SSSR count). The molecule has 0 spiro atoms. The first-order valence-electron chi connectivity index (χ1n) is 7.12. The Bertz CT molecular complexity index is 434. The fourth-order valence-corrected chi connectivity index (χ4v) is 4.45. The van der Waals surface area contributed by atoms with Crippen molar-refractivity contribution in [1.29, 1.82) is 0 Å². The highest BCUT2D eigenvalue weighted by Gasteiger charge is 2.47. The summed E-state index contributed by atoms with van der Waals surface area (Å²) in [4.78, 5) is 13.4. The molecule has 1 aliphatic carbocycles. The molecule has 0 bridgehead atoms. The Hall–Kier alpha value is -0.620. The summed E-state index contributed by atoms with van der Waals surface area (Å²) < 4.78 is 22.9. The highest BCUT2D eigenvalue weighted by molar-refractivity contribution is 7.91. The second kappa shape index (κ2) is 5.79. The zero-order valence-corrected chi connectivity index (χ0v) is 12.2. The summed E-state index contributed by atoms with van der Waals surface area (Å²) >= 11 is 0. The molecule has 1 N–H and O–H groups in total. The second-order valence-electron chi connectivity index (χ2n) is 5.72. The van der Waals surface area contributed by atoms with Crippen molar-refractivity contribution in [3.63, 3.8) is 0 Å². The Morgan fingerprint density at radius 2 is 2.11 bits per heavy atom. The van der Waals surface area contributed by atoms with Gasteiger partial charge in [0.05, 0.1) is 5.75 Å². The fraction of sp³-hybridized carbons (Fsp3) is 0.923. The molecule has 1 saturated heterocycles. The zero-order valence-electron chi connectivity index (χ0n) is 11.4. The average molecular weight is 289 g/mol. The molecule has 3 unspecified atom stereocenters. The Morgan fingerprint density at radius 1 is 1.37 bits per heavy atom. The number of carbonyl (C=O) groups is 1. The molecule has 2 fully saturated rings. The summed E-state index contributed by atoms with van der Waals surface area (Å²) in [6.45, 7) is 3.06. The molecule has 3 atom stereocenters. The Kier molecular flexibility index (Phi) is 4.50. The molecule has 110 valence electrons. The summed E-state index contributed by atoms with van der Waals surface area (Å²) in [6.07, 6.45) is 3.81. The number of aliphatic carboxylic acids is 1. The monoisotopic (exact) mass is 289 g/mol. The summed E-state index contributed by atoms with van der Waals surface area (Å²) in [5, 5.41) is 9.38. The Labute approximate surface area is 114 Å². The third-order valence-corrected chi connectivity index (χ3v) is 6.37. The molecule has 5 nitrogen and oxygen atoms in total. The lowest BCUT2D eigenvalue weighted by Crippen LogP contribution is -2.40. The van der Waals surface area contributed by atoms with Gasteiger partial charge in [0.2, 0.25) is 0 Å². The number of carboxylic acids is 1. The van der Waals surface area contributed by atoms with E-state index in [9.17, 15) is 18.3 Å². The van der Waals surface area contributed by atoms with Crippen LogP contribution in [-0.2, 0) is 14.6 Å². The maximum atomic E-state index is 11.4. The number of fused-ring (bicyclic) bond motifs is 1. The summed E-state index contributed by atoms with van der Waals surface area (Å²) in [6, 6.07) is -0.392. The molecular weight excluding hydrogens is 266 g/mol. The largest absolute Gasteiger partial charge is 0.480 e. The van der Waals surface area contributed by atoms with Gasteiger partial charge < -0.3 is 5.11 Å². The molecule has 0 aromatic heterocycles. The van der Waals surface area contributed by atoms with Crippen molar-refractivity contribution in [3.05, 3.63) is 0 Å². The van der Waals surface area contributed by atoms with Crippen LogP contribution >= 0.6 is 0 Å². The molecule has 19 heavy (non-hydrogen) atoms. The SMILES string of the molecule is CCS(=O)(=O)CCCN1CC2CCCC2C1C(=O)O. The molecular formula is C13H23NO4S. The van der Waals surface area contributed by atoms with E-state index in [1.165, 1.54) is 0 Å². The number of nitrogens with zero attached hydrogens (tertiary/aromatic N) is 1. The number of hydrogen-bond donors (Lipinski definition) is 1. The van der Waals surface area contributed by atoms with Gasteiger partial charge in [0.25, 0.3) is 0 Å². The van der Waals surface area contributed by atoms with Crippen molar-refractivity contribution in [2.45, 2.75) is 38.6 Å². The molecule has 0 aromatic carbocycles. The van der Waals surface area contributed by atoms with Crippen LogP contribution < -0.4 is 0 Å². The summed E-state index contributed by atoms with van der Waals surface area (Å²) in [5.41, 5.74) is 0. The predicted octanol–water partition coefficient (Wildman–Crippen LogP) is 0.996. The first-order valence-corrected chi connectivity index (χ1v) is 8.94. The highest BCUT2D eigenvalue weighted by Crippen LogP contribution is 2.42. The number of carboxylic acid groups (broad SMARTS) is 1. The zero-order chi connectivity index (χ0) is 14.0. The van der Waals surface area contributed by atoms with E-state index in [0.29, 0.717) is 18.9 Å². The number of likely N-dealkylation sites (tertiary alicyclic amines) is 1. The third kappa shape index (κ3) is 3.28. The lowest BCUT2D eigenvalue weighted by molar-refractivity contribution is -0.143. The van der Waals surface area contributed by atoms with Crippen LogP contribution in [0.1, 0.15) is 32.6 Å². The van der Waals surface area contributed by atoms with Gasteiger partial charge in [-0.15, -0.1) is 0 Å². The molecule has 1 aliphatic heterocycles. The van der Waals surface area contributed by atoms with E-state index in [0.717, 1.165) is 25.8 Å². The smallest absolute Gasteiger partial charge is 0.321 e. The van der Waals surface area contributed by atoms with Crippen LogP contribution in [0.4, 0.5) is 0 Å². The van der Waals surface area contributed by atoms with E-state index in [1.807, 2.05) is 4.90 Å². The van der Waals surface area contributed by atoms with Gasteiger partial charge in [0.15, 0.2) is 0 Å². The standard InChI is InChI=1S/C13H23NO4S/c1-2-19(17,18)8-4-7-14-9-10-5-3-6-11(10)12(14)13(15)16/h10-12H,2-9H2,1H3,(H,15,16). The molecule has 0 aromatic rings. The van der Waals surface area contributed by atoms with E-state index in [2.05, 4.69) is 0 Å². The summed E-state index contributed by atoms with van der Waals surface area (Å²) in [7, 11) is -2.94. The lowest BCUT2D eigenvalue weighted by atomic mass is 9.94. The van der Waals surface area contributed by atoms with Gasteiger partial charge in [0.1, 0.15) is 15.9 Å².